The summed E-state index contributed by atoms with van der Waals surface area (Å²) in [7, 11) is 0. The molecular weight excluding hydrogens is 316 g/mol. The van der Waals surface area contributed by atoms with Gasteiger partial charge >= 0.3 is 5.97 Å². The van der Waals surface area contributed by atoms with Crippen LogP contribution in [0, 0.1) is 0 Å². The van der Waals surface area contributed by atoms with Gasteiger partial charge in [-0.3, -0.25) is 4.79 Å². The lowest BCUT2D eigenvalue weighted by Crippen LogP contribution is -2.14. The normalized spacial score (nSPS) is 11.9. The molecule has 2 aromatic carbocycles. The van der Waals surface area contributed by atoms with Gasteiger partial charge in [-0.25, -0.2) is 0 Å². The second-order valence-electron chi connectivity index (χ2n) is 4.88. The number of hydrogen-bond donors (Lipinski definition) is 0. The molecule has 2 nitrogen and oxygen atoms in total. The molecule has 1 atom stereocenters. The molecule has 0 aliphatic heterocycles. The number of thioether (sulfide) groups is 1. The Kier molecular flexibility index (Phi) is 6.81. The summed E-state index contributed by atoms with van der Waals surface area (Å²) in [5.74, 6) is -0.195. The molecule has 116 valence electrons. The summed E-state index contributed by atoms with van der Waals surface area (Å²) in [6.45, 7) is 2.55. The fourth-order valence-electron chi connectivity index (χ4n) is 1.92. The highest BCUT2D eigenvalue weighted by Gasteiger charge is 2.23. The van der Waals surface area contributed by atoms with Gasteiger partial charge in [-0.05, 0) is 36.2 Å². The van der Waals surface area contributed by atoms with E-state index < -0.39 is 0 Å². The second-order valence-corrected chi connectivity index (χ2v) is 6.50. The molecule has 4 heteroatoms. The van der Waals surface area contributed by atoms with Crippen molar-refractivity contribution >= 4 is 29.3 Å². The highest BCUT2D eigenvalue weighted by atomic mass is 35.5. The first kappa shape index (κ1) is 16.9. The zero-order chi connectivity index (χ0) is 15.8. The predicted molar refractivity (Wildman–Crippen MR) is 92.4 cm³/mol. The van der Waals surface area contributed by atoms with Crippen LogP contribution in [0.5, 0.6) is 0 Å². The predicted octanol–water partition coefficient (Wildman–Crippen LogP) is 5.52. The van der Waals surface area contributed by atoms with Crippen molar-refractivity contribution in [2.75, 3.05) is 6.61 Å². The van der Waals surface area contributed by atoms with Crippen molar-refractivity contribution in [1.29, 1.82) is 0 Å². The van der Waals surface area contributed by atoms with E-state index in [1.54, 1.807) is 0 Å². The number of carbonyl (C=O) groups excluding carboxylic acids is 1. The van der Waals surface area contributed by atoms with Crippen LogP contribution in [0.4, 0.5) is 0 Å². The highest BCUT2D eigenvalue weighted by molar-refractivity contribution is 8.00. The molecule has 0 aliphatic carbocycles. The minimum atomic E-state index is -0.362. The lowest BCUT2D eigenvalue weighted by molar-refractivity contribution is -0.143. The van der Waals surface area contributed by atoms with Gasteiger partial charge in [-0.2, -0.15) is 0 Å². The third-order valence-electron chi connectivity index (χ3n) is 3.13. The van der Waals surface area contributed by atoms with Crippen LogP contribution in [0.25, 0.3) is 0 Å². The molecule has 2 rings (SSSR count). The van der Waals surface area contributed by atoms with E-state index >= 15 is 0 Å². The summed E-state index contributed by atoms with van der Waals surface area (Å²) in [4.78, 5) is 13.4. The van der Waals surface area contributed by atoms with Crippen LogP contribution in [0.3, 0.4) is 0 Å². The Morgan fingerprint density at radius 2 is 1.82 bits per heavy atom. The Morgan fingerprint density at radius 1 is 1.14 bits per heavy atom. The molecule has 0 spiro atoms. The molecule has 0 saturated carbocycles. The lowest BCUT2D eigenvalue weighted by Gasteiger charge is -2.16. The molecule has 0 heterocycles. The smallest absolute Gasteiger partial charge is 0.323 e. The fourth-order valence-corrected chi connectivity index (χ4v) is 3.07. The molecule has 0 radical (unpaired) electrons. The minimum Gasteiger partial charge on any atom is -0.465 e. The summed E-state index contributed by atoms with van der Waals surface area (Å²) in [6, 6.07) is 17.2. The van der Waals surface area contributed by atoms with Crippen LogP contribution in [0.2, 0.25) is 5.02 Å². The number of hydrogen-bond acceptors (Lipinski definition) is 3. The van der Waals surface area contributed by atoms with Crippen LogP contribution in [-0.4, -0.2) is 12.6 Å². The molecule has 0 N–H and O–H groups in total. The first-order valence-electron chi connectivity index (χ1n) is 7.34. The van der Waals surface area contributed by atoms with Gasteiger partial charge in [0.15, 0.2) is 0 Å². The van der Waals surface area contributed by atoms with Crippen molar-refractivity contribution < 1.29 is 9.53 Å². The summed E-state index contributed by atoms with van der Waals surface area (Å²) < 4.78 is 5.41. The number of esters is 1. The molecule has 2 aromatic rings. The van der Waals surface area contributed by atoms with E-state index in [0.29, 0.717) is 11.6 Å². The van der Waals surface area contributed by atoms with Gasteiger partial charge in [0.2, 0.25) is 0 Å². The number of carbonyl (C=O) groups is 1. The van der Waals surface area contributed by atoms with Gasteiger partial charge in [-0.15, -0.1) is 11.8 Å². The molecule has 0 aliphatic rings. The molecule has 0 bridgehead atoms. The fraction of sp³-hybridized carbons (Fsp3) is 0.278. The summed E-state index contributed by atoms with van der Waals surface area (Å²) in [5.41, 5.74) is 0.948. The summed E-state index contributed by atoms with van der Waals surface area (Å²) >= 11 is 7.39. The van der Waals surface area contributed by atoms with E-state index in [1.807, 2.05) is 54.6 Å². The topological polar surface area (TPSA) is 26.3 Å². The van der Waals surface area contributed by atoms with Gasteiger partial charge in [0.25, 0.3) is 0 Å². The minimum absolute atomic E-state index is 0.195. The third kappa shape index (κ3) is 5.08. The van der Waals surface area contributed by atoms with Crippen LogP contribution >= 0.6 is 23.4 Å². The van der Waals surface area contributed by atoms with Crippen molar-refractivity contribution in [2.45, 2.75) is 29.9 Å². The zero-order valence-corrected chi connectivity index (χ0v) is 14.1. The van der Waals surface area contributed by atoms with Crippen molar-refractivity contribution in [3.63, 3.8) is 0 Å². The molecule has 0 saturated heterocycles. The standard InChI is InChI=1S/C18H19ClO2S/c1-2-3-13-21-18(20)17(14-7-5-4-6-8-14)22-16-11-9-15(19)10-12-16/h4-12,17H,2-3,13H2,1H3. The average molecular weight is 335 g/mol. The lowest BCUT2D eigenvalue weighted by atomic mass is 10.1. The van der Waals surface area contributed by atoms with Crippen molar-refractivity contribution in [3.05, 3.63) is 65.2 Å². The first-order chi connectivity index (χ1) is 10.7. The van der Waals surface area contributed by atoms with E-state index in [0.717, 1.165) is 23.3 Å². The van der Waals surface area contributed by atoms with Crippen molar-refractivity contribution in [1.82, 2.24) is 0 Å². The van der Waals surface area contributed by atoms with E-state index in [9.17, 15) is 4.79 Å². The summed E-state index contributed by atoms with van der Waals surface area (Å²) in [5, 5.41) is 0.324. The number of unbranched alkanes of at least 4 members (excludes halogenated alkanes) is 1. The highest BCUT2D eigenvalue weighted by Crippen LogP contribution is 2.36. The van der Waals surface area contributed by atoms with Gasteiger partial charge in [0.05, 0.1) is 6.61 Å². The second kappa shape index (κ2) is 8.86. The van der Waals surface area contributed by atoms with E-state index in [4.69, 9.17) is 16.3 Å². The first-order valence-corrected chi connectivity index (χ1v) is 8.60. The van der Waals surface area contributed by atoms with Crippen molar-refractivity contribution in [3.8, 4) is 0 Å². The Morgan fingerprint density at radius 3 is 2.45 bits per heavy atom. The number of benzene rings is 2. The number of rotatable bonds is 7. The van der Waals surface area contributed by atoms with Crippen molar-refractivity contribution in [2.24, 2.45) is 0 Å². The van der Waals surface area contributed by atoms with Crippen LogP contribution in [0.15, 0.2) is 59.5 Å². The van der Waals surface area contributed by atoms with E-state index in [1.165, 1.54) is 11.8 Å². The summed E-state index contributed by atoms with van der Waals surface area (Å²) in [6.07, 6.45) is 1.90. The monoisotopic (exact) mass is 334 g/mol. The Labute approximate surface area is 140 Å². The maximum atomic E-state index is 12.4. The Bertz CT molecular complexity index is 584. The van der Waals surface area contributed by atoms with Gasteiger partial charge in [0.1, 0.15) is 5.25 Å². The van der Waals surface area contributed by atoms with E-state index in [2.05, 4.69) is 6.92 Å². The van der Waals surface area contributed by atoms with Crippen LogP contribution in [0.1, 0.15) is 30.6 Å². The Balaban J connectivity index is 2.14. The van der Waals surface area contributed by atoms with Gasteiger partial charge < -0.3 is 4.74 Å². The number of halogens is 1. The molecule has 0 aromatic heterocycles. The zero-order valence-electron chi connectivity index (χ0n) is 12.5. The molecule has 0 amide bonds. The molecular formula is C18H19ClO2S. The maximum absolute atomic E-state index is 12.4. The third-order valence-corrected chi connectivity index (χ3v) is 4.62. The quantitative estimate of drug-likeness (QED) is 0.379. The molecule has 22 heavy (non-hydrogen) atoms. The average Bonchev–Trinajstić information content (AvgIpc) is 2.55. The number of ether oxygens (including phenoxy) is 1. The van der Waals surface area contributed by atoms with Crippen LogP contribution in [-0.2, 0) is 9.53 Å². The van der Waals surface area contributed by atoms with Crippen LogP contribution < -0.4 is 0 Å². The van der Waals surface area contributed by atoms with Gasteiger partial charge in [0, 0.05) is 9.92 Å². The molecule has 1 unspecified atom stereocenters. The largest absolute Gasteiger partial charge is 0.465 e. The maximum Gasteiger partial charge on any atom is 0.323 e. The molecule has 0 fully saturated rings. The van der Waals surface area contributed by atoms with Gasteiger partial charge in [-0.1, -0.05) is 55.3 Å². The Hall–Kier alpha value is -1.45. The SMILES string of the molecule is CCCCOC(=O)C(Sc1ccc(Cl)cc1)c1ccccc1. The van der Waals surface area contributed by atoms with E-state index in [-0.39, 0.29) is 11.2 Å².